The van der Waals surface area contributed by atoms with Crippen LogP contribution in [0.15, 0.2) is 72.9 Å². The van der Waals surface area contributed by atoms with E-state index >= 15 is 0 Å². The van der Waals surface area contributed by atoms with Crippen LogP contribution in [0.1, 0.15) is 27.0 Å². The Morgan fingerprint density at radius 2 is 1.75 bits per heavy atom. The molecule has 0 N–H and O–H groups in total. The molecule has 1 aromatic heterocycles. The highest BCUT2D eigenvalue weighted by Crippen LogP contribution is 2.38. The Bertz CT molecular complexity index is 1350. The molecule has 0 aliphatic carbocycles. The molecule has 6 nitrogen and oxygen atoms in total. The molecule has 0 bridgehead atoms. The van der Waals surface area contributed by atoms with Gasteiger partial charge in [0.25, 0.3) is 0 Å². The molecule has 5 rings (SSSR count). The van der Waals surface area contributed by atoms with Gasteiger partial charge in [-0.3, -0.25) is 4.98 Å². The summed E-state index contributed by atoms with van der Waals surface area (Å²) in [6, 6.07) is 20.2. The van der Waals surface area contributed by atoms with E-state index in [4.69, 9.17) is 19.2 Å². The van der Waals surface area contributed by atoms with E-state index in [2.05, 4.69) is 11.0 Å². The third kappa shape index (κ3) is 5.16. The van der Waals surface area contributed by atoms with Gasteiger partial charge in [0.1, 0.15) is 23.5 Å². The lowest BCUT2D eigenvalue weighted by Crippen LogP contribution is -2.36. The van der Waals surface area contributed by atoms with Crippen LogP contribution in [0.3, 0.4) is 0 Å². The maximum absolute atomic E-state index is 13.4. The summed E-state index contributed by atoms with van der Waals surface area (Å²) in [6.45, 7) is 2.88. The number of carbonyl (C=O) groups excluding carboxylic acids is 1. The second-order valence-corrected chi connectivity index (χ2v) is 8.68. The van der Waals surface area contributed by atoms with Crippen molar-refractivity contribution in [1.82, 2.24) is 4.98 Å². The van der Waals surface area contributed by atoms with Gasteiger partial charge in [-0.25, -0.2) is 9.18 Å². The molecule has 2 heterocycles. The molecule has 36 heavy (non-hydrogen) atoms. The lowest BCUT2D eigenvalue weighted by atomic mass is 10.0. The summed E-state index contributed by atoms with van der Waals surface area (Å²) in [5, 5.41) is 0.882. The number of anilines is 1. The average molecular weight is 487 g/mol. The number of benzene rings is 3. The fourth-order valence-corrected chi connectivity index (χ4v) is 4.43. The summed E-state index contributed by atoms with van der Waals surface area (Å²) in [5.74, 6) is -0.349. The molecule has 0 saturated carbocycles. The van der Waals surface area contributed by atoms with E-state index in [1.165, 1.54) is 19.2 Å². The van der Waals surface area contributed by atoms with E-state index in [-0.39, 0.29) is 12.4 Å². The first kappa shape index (κ1) is 23.8. The lowest BCUT2D eigenvalue weighted by molar-refractivity contribution is 0.0596. The second-order valence-electron chi connectivity index (χ2n) is 8.68. The van der Waals surface area contributed by atoms with Gasteiger partial charge in [0.2, 0.25) is 0 Å². The van der Waals surface area contributed by atoms with Crippen LogP contribution in [0.5, 0.6) is 5.75 Å². The minimum absolute atomic E-state index is 0.263. The molecule has 0 unspecified atom stereocenters. The van der Waals surface area contributed by atoms with Gasteiger partial charge in [0, 0.05) is 30.4 Å². The summed E-state index contributed by atoms with van der Waals surface area (Å²) in [5.41, 5.74) is 4.75. The fraction of sp³-hybridized carbons (Fsp3) is 0.241. The summed E-state index contributed by atoms with van der Waals surface area (Å²) in [7, 11) is 1.36. The number of morpholine rings is 1. The van der Waals surface area contributed by atoms with Gasteiger partial charge in [-0.2, -0.15) is 0 Å². The number of fused-ring (bicyclic) bond motifs is 1. The molecule has 0 amide bonds. The molecule has 0 radical (unpaired) electrons. The van der Waals surface area contributed by atoms with E-state index in [1.807, 2.05) is 36.4 Å². The Hall–Kier alpha value is -3.97. The highest BCUT2D eigenvalue weighted by molar-refractivity contribution is 6.05. The van der Waals surface area contributed by atoms with E-state index in [0.717, 1.165) is 27.8 Å². The second kappa shape index (κ2) is 10.7. The molecule has 0 spiro atoms. The Balaban J connectivity index is 1.62. The highest BCUT2D eigenvalue weighted by atomic mass is 19.1. The Kier molecular flexibility index (Phi) is 7.09. The van der Waals surface area contributed by atoms with Gasteiger partial charge in [0.05, 0.1) is 20.3 Å². The fourth-order valence-electron chi connectivity index (χ4n) is 4.43. The Morgan fingerprint density at radius 1 is 1.00 bits per heavy atom. The van der Waals surface area contributed by atoms with Gasteiger partial charge in [-0.15, -0.1) is 0 Å². The number of halogens is 1. The first-order valence-corrected chi connectivity index (χ1v) is 11.9. The molecule has 1 saturated heterocycles. The van der Waals surface area contributed by atoms with Crippen LogP contribution in [0.4, 0.5) is 10.1 Å². The maximum atomic E-state index is 13.4. The van der Waals surface area contributed by atoms with Crippen LogP contribution in [0.25, 0.3) is 10.9 Å². The zero-order chi connectivity index (χ0) is 24.9. The summed E-state index contributed by atoms with van der Waals surface area (Å²) in [4.78, 5) is 19.8. The molecule has 1 aliphatic heterocycles. The van der Waals surface area contributed by atoms with Crippen molar-refractivity contribution in [2.75, 3.05) is 38.3 Å². The first-order valence-electron chi connectivity index (χ1n) is 11.9. The number of carbonyl (C=O) groups is 1. The van der Waals surface area contributed by atoms with E-state index in [1.54, 1.807) is 18.3 Å². The van der Waals surface area contributed by atoms with Gasteiger partial charge >= 0.3 is 5.97 Å². The Morgan fingerprint density at radius 3 is 2.47 bits per heavy atom. The van der Waals surface area contributed by atoms with Crippen molar-refractivity contribution in [3.63, 3.8) is 0 Å². The van der Waals surface area contributed by atoms with Gasteiger partial charge in [0.15, 0.2) is 5.75 Å². The largest absolute Gasteiger partial charge is 0.486 e. The number of aromatic nitrogens is 1. The topological polar surface area (TPSA) is 60.9 Å². The van der Waals surface area contributed by atoms with Crippen molar-refractivity contribution in [3.8, 4) is 5.75 Å². The number of nitrogens with zero attached hydrogens (tertiary/aromatic N) is 2. The Labute approximate surface area is 209 Å². The van der Waals surface area contributed by atoms with Gasteiger partial charge < -0.3 is 19.1 Å². The van der Waals surface area contributed by atoms with Crippen molar-refractivity contribution in [2.45, 2.75) is 13.0 Å². The quantitative estimate of drug-likeness (QED) is 0.336. The lowest BCUT2D eigenvalue weighted by Gasteiger charge is -2.30. The number of ether oxygens (including phenoxy) is 3. The van der Waals surface area contributed by atoms with Gasteiger partial charge in [-0.1, -0.05) is 42.5 Å². The van der Waals surface area contributed by atoms with Crippen LogP contribution in [0, 0.1) is 5.82 Å². The van der Waals surface area contributed by atoms with E-state index < -0.39 is 5.97 Å². The van der Waals surface area contributed by atoms with Crippen LogP contribution in [-0.2, 0) is 22.5 Å². The standard InChI is InChI=1S/C29H27FN2O4/c1-34-29(33)25-17-26(32-11-13-35-14-12-32)24-16-22(15-20-7-9-23(30)10-8-20)18-31-27(24)28(25)36-19-21-5-3-2-4-6-21/h2-10,16-18H,11-15,19H2,1H3. The number of methoxy groups -OCH3 is 1. The number of rotatable bonds is 7. The highest BCUT2D eigenvalue weighted by Gasteiger charge is 2.24. The minimum atomic E-state index is -0.480. The normalized spacial score (nSPS) is 13.6. The maximum Gasteiger partial charge on any atom is 0.341 e. The van der Waals surface area contributed by atoms with Crippen molar-refractivity contribution in [3.05, 3.63) is 101 Å². The molecule has 1 fully saturated rings. The zero-order valence-electron chi connectivity index (χ0n) is 20.1. The van der Waals surface area contributed by atoms with E-state index in [9.17, 15) is 9.18 Å². The summed E-state index contributed by atoms with van der Waals surface area (Å²) in [6.07, 6.45) is 2.38. The van der Waals surface area contributed by atoms with Crippen LogP contribution >= 0.6 is 0 Å². The third-order valence-corrected chi connectivity index (χ3v) is 6.27. The van der Waals surface area contributed by atoms with Crippen molar-refractivity contribution in [2.24, 2.45) is 0 Å². The van der Waals surface area contributed by atoms with Gasteiger partial charge in [-0.05, 0) is 47.4 Å². The number of hydrogen-bond donors (Lipinski definition) is 0. The van der Waals surface area contributed by atoms with Crippen LogP contribution in [0.2, 0.25) is 0 Å². The monoisotopic (exact) mass is 486 g/mol. The van der Waals surface area contributed by atoms with Crippen molar-refractivity contribution >= 4 is 22.6 Å². The molecule has 1 aliphatic rings. The SMILES string of the molecule is COC(=O)c1cc(N2CCOCC2)c2cc(Cc3ccc(F)cc3)cnc2c1OCc1ccccc1. The number of esters is 1. The summed E-state index contributed by atoms with van der Waals surface area (Å²) < 4.78 is 30.3. The molecule has 4 aromatic rings. The zero-order valence-corrected chi connectivity index (χ0v) is 20.1. The van der Waals surface area contributed by atoms with Crippen LogP contribution < -0.4 is 9.64 Å². The molecule has 3 aromatic carbocycles. The third-order valence-electron chi connectivity index (χ3n) is 6.27. The smallest absolute Gasteiger partial charge is 0.341 e. The van der Waals surface area contributed by atoms with Crippen LogP contribution in [-0.4, -0.2) is 44.4 Å². The minimum Gasteiger partial charge on any atom is -0.486 e. The molecular formula is C29H27FN2O4. The molecule has 184 valence electrons. The van der Waals surface area contributed by atoms with E-state index in [0.29, 0.717) is 49.6 Å². The van der Waals surface area contributed by atoms with Crippen molar-refractivity contribution in [1.29, 1.82) is 0 Å². The number of hydrogen-bond acceptors (Lipinski definition) is 6. The molecule has 7 heteroatoms. The average Bonchev–Trinajstić information content (AvgIpc) is 2.93. The predicted molar refractivity (Wildman–Crippen MR) is 136 cm³/mol. The molecular weight excluding hydrogens is 459 g/mol. The summed E-state index contributed by atoms with van der Waals surface area (Å²) >= 11 is 0. The molecule has 0 atom stereocenters. The number of pyridine rings is 1. The van der Waals surface area contributed by atoms with Crippen molar-refractivity contribution < 1.29 is 23.4 Å². The predicted octanol–water partition coefficient (Wildman–Crippen LogP) is 5.17. The first-order chi connectivity index (χ1) is 17.6.